The van der Waals surface area contributed by atoms with Crippen LogP contribution in [0.1, 0.15) is 17.3 Å². The molecule has 0 bridgehead atoms. The van der Waals surface area contributed by atoms with Crippen molar-refractivity contribution in [3.8, 4) is 5.75 Å². The van der Waals surface area contributed by atoms with Crippen molar-refractivity contribution >= 4 is 10.9 Å². The summed E-state index contributed by atoms with van der Waals surface area (Å²) in [6, 6.07) is 14.2. The lowest BCUT2D eigenvalue weighted by Crippen LogP contribution is -3.14. The number of hydrogen-bond acceptors (Lipinski definition) is 2. The number of aromatic amines is 2. The van der Waals surface area contributed by atoms with Gasteiger partial charge in [0, 0.05) is 18.2 Å². The molecule has 0 radical (unpaired) electrons. The third kappa shape index (κ3) is 2.72. The number of pyridine rings is 2. The van der Waals surface area contributed by atoms with Gasteiger partial charge in [-0.3, -0.25) is 0 Å². The lowest BCUT2D eigenvalue weighted by molar-refractivity contribution is -0.937. The van der Waals surface area contributed by atoms with E-state index in [2.05, 4.69) is 22.1 Å². The number of rotatable bonds is 3. The number of morpholine rings is 1. The standard InChI is InChI=1S/C19H19N3O2/c23-19-15(7-6-14-4-3-9-21-17(14)19)18(16-5-1-2-8-20-16)22-10-12-24-13-11-22/h1-9,18,23H,10-13H2/p+3. The number of fused-ring (bicyclic) bond motifs is 1. The highest BCUT2D eigenvalue weighted by Gasteiger charge is 2.35. The van der Waals surface area contributed by atoms with E-state index < -0.39 is 0 Å². The number of aromatic nitrogens is 2. The SMILES string of the molecule is Oc1c(C(c2cccc[nH+]2)[NH+]2CCOCC2)ccc2ccc[nH+]c12. The Morgan fingerprint density at radius 2 is 1.79 bits per heavy atom. The fourth-order valence-electron chi connectivity index (χ4n) is 3.55. The minimum absolute atomic E-state index is 0.0492. The number of quaternary nitrogens is 1. The van der Waals surface area contributed by atoms with E-state index in [9.17, 15) is 5.11 Å². The third-order valence-electron chi connectivity index (χ3n) is 4.74. The first-order valence-corrected chi connectivity index (χ1v) is 8.36. The van der Waals surface area contributed by atoms with Gasteiger partial charge in [-0.1, -0.05) is 0 Å². The van der Waals surface area contributed by atoms with Crippen molar-refractivity contribution in [2.24, 2.45) is 0 Å². The molecule has 1 aromatic carbocycles. The number of phenolic OH excluding ortho intramolecular Hbond substituents is 1. The van der Waals surface area contributed by atoms with Gasteiger partial charge in [-0.05, 0) is 24.3 Å². The largest absolute Gasteiger partial charge is 0.502 e. The molecule has 1 saturated heterocycles. The maximum absolute atomic E-state index is 10.9. The van der Waals surface area contributed by atoms with Gasteiger partial charge in [0.05, 0.1) is 24.2 Å². The number of nitrogens with one attached hydrogen (secondary N) is 3. The molecular formula is C19H22N3O2+3. The molecule has 1 aliphatic heterocycles. The van der Waals surface area contributed by atoms with Crippen molar-refractivity contribution in [2.75, 3.05) is 26.3 Å². The average Bonchev–Trinajstić information content (AvgIpc) is 2.66. The Bertz CT molecular complexity index is 832. The molecule has 4 N–H and O–H groups in total. The van der Waals surface area contributed by atoms with Gasteiger partial charge in [-0.25, -0.2) is 9.97 Å². The van der Waals surface area contributed by atoms with Crippen LogP contribution in [0.4, 0.5) is 0 Å². The molecule has 2 aromatic heterocycles. The molecule has 0 aliphatic carbocycles. The van der Waals surface area contributed by atoms with E-state index in [1.807, 2.05) is 42.7 Å². The number of ether oxygens (including phenoxy) is 1. The van der Waals surface area contributed by atoms with Gasteiger partial charge in [0.2, 0.25) is 11.7 Å². The second kappa shape index (κ2) is 6.55. The minimum atomic E-state index is 0.0492. The summed E-state index contributed by atoms with van der Waals surface area (Å²) in [5.41, 5.74) is 2.81. The summed E-state index contributed by atoms with van der Waals surface area (Å²) in [5, 5.41) is 11.9. The smallest absolute Gasteiger partial charge is 0.253 e. The van der Waals surface area contributed by atoms with Crippen LogP contribution < -0.4 is 14.9 Å². The molecule has 1 fully saturated rings. The van der Waals surface area contributed by atoms with Crippen LogP contribution in [0.5, 0.6) is 5.75 Å². The molecule has 4 rings (SSSR count). The zero-order chi connectivity index (χ0) is 16.4. The molecule has 3 heterocycles. The molecule has 5 nitrogen and oxygen atoms in total. The monoisotopic (exact) mass is 324 g/mol. The van der Waals surface area contributed by atoms with E-state index in [0.717, 1.165) is 48.5 Å². The van der Waals surface area contributed by atoms with Crippen LogP contribution in [0.2, 0.25) is 0 Å². The van der Waals surface area contributed by atoms with Crippen LogP contribution in [0.25, 0.3) is 10.9 Å². The molecule has 0 spiro atoms. The molecular weight excluding hydrogens is 302 g/mol. The molecule has 0 saturated carbocycles. The van der Waals surface area contributed by atoms with Gasteiger partial charge in [0.25, 0.3) is 5.52 Å². The fourth-order valence-corrected chi connectivity index (χ4v) is 3.55. The molecule has 5 heteroatoms. The van der Waals surface area contributed by atoms with Crippen LogP contribution in [0, 0.1) is 0 Å². The lowest BCUT2D eigenvalue weighted by atomic mass is 9.98. The summed E-state index contributed by atoms with van der Waals surface area (Å²) in [6.45, 7) is 3.34. The van der Waals surface area contributed by atoms with Crippen LogP contribution in [-0.4, -0.2) is 31.4 Å². The highest BCUT2D eigenvalue weighted by Crippen LogP contribution is 2.30. The Hall–Kier alpha value is -2.50. The molecule has 3 aromatic rings. The first kappa shape index (κ1) is 15.1. The number of phenols is 1. The molecule has 1 unspecified atom stereocenters. The molecule has 0 amide bonds. The van der Waals surface area contributed by atoms with Gasteiger partial charge >= 0.3 is 0 Å². The van der Waals surface area contributed by atoms with Gasteiger partial charge in [0.15, 0.2) is 18.1 Å². The zero-order valence-electron chi connectivity index (χ0n) is 13.5. The molecule has 1 aliphatic rings. The van der Waals surface area contributed by atoms with E-state index in [1.165, 1.54) is 4.90 Å². The summed E-state index contributed by atoms with van der Waals surface area (Å²) in [7, 11) is 0. The van der Waals surface area contributed by atoms with E-state index in [4.69, 9.17) is 4.74 Å². The normalized spacial score (nSPS) is 17.0. The van der Waals surface area contributed by atoms with Gasteiger partial charge in [-0.15, -0.1) is 0 Å². The molecule has 1 atom stereocenters. The van der Waals surface area contributed by atoms with E-state index in [1.54, 1.807) is 0 Å². The Kier molecular flexibility index (Phi) is 4.11. The van der Waals surface area contributed by atoms with Gasteiger partial charge in [-0.2, -0.15) is 0 Å². The Morgan fingerprint density at radius 1 is 0.958 bits per heavy atom. The van der Waals surface area contributed by atoms with Crippen molar-refractivity contribution in [1.29, 1.82) is 0 Å². The van der Waals surface area contributed by atoms with Crippen LogP contribution >= 0.6 is 0 Å². The minimum Gasteiger partial charge on any atom is -0.502 e. The third-order valence-corrected chi connectivity index (χ3v) is 4.74. The fraction of sp³-hybridized carbons (Fsp3) is 0.263. The molecule has 122 valence electrons. The summed E-state index contributed by atoms with van der Waals surface area (Å²) in [6.07, 6.45) is 3.78. The number of benzene rings is 1. The van der Waals surface area contributed by atoms with Crippen LogP contribution in [0.15, 0.2) is 54.9 Å². The van der Waals surface area contributed by atoms with Crippen molar-refractivity contribution in [3.63, 3.8) is 0 Å². The number of aromatic hydroxyl groups is 1. The Balaban J connectivity index is 1.85. The topological polar surface area (TPSA) is 62.2 Å². The summed E-state index contributed by atoms with van der Waals surface area (Å²) >= 11 is 0. The predicted octanol–water partition coefficient (Wildman–Crippen LogP) is 0.178. The maximum atomic E-state index is 10.9. The van der Waals surface area contributed by atoms with Crippen molar-refractivity contribution in [2.45, 2.75) is 6.04 Å². The maximum Gasteiger partial charge on any atom is 0.253 e. The Morgan fingerprint density at radius 3 is 2.58 bits per heavy atom. The second-order valence-electron chi connectivity index (χ2n) is 6.16. The van der Waals surface area contributed by atoms with E-state index in [-0.39, 0.29) is 6.04 Å². The quantitative estimate of drug-likeness (QED) is 0.722. The zero-order valence-corrected chi connectivity index (χ0v) is 13.5. The van der Waals surface area contributed by atoms with Gasteiger partial charge in [0.1, 0.15) is 13.1 Å². The van der Waals surface area contributed by atoms with Crippen LogP contribution in [0.3, 0.4) is 0 Å². The van der Waals surface area contributed by atoms with Gasteiger partial charge < -0.3 is 14.7 Å². The van der Waals surface area contributed by atoms with Crippen molar-refractivity contribution in [3.05, 3.63) is 66.1 Å². The van der Waals surface area contributed by atoms with Crippen LogP contribution in [-0.2, 0) is 4.74 Å². The number of hydrogen-bond donors (Lipinski definition) is 2. The predicted molar refractivity (Wildman–Crippen MR) is 88.5 cm³/mol. The highest BCUT2D eigenvalue weighted by atomic mass is 16.5. The Labute approximate surface area is 140 Å². The van der Waals surface area contributed by atoms with Crippen molar-refractivity contribution < 1.29 is 24.7 Å². The van der Waals surface area contributed by atoms with Crippen molar-refractivity contribution in [1.82, 2.24) is 0 Å². The first-order chi connectivity index (χ1) is 11.8. The second-order valence-corrected chi connectivity index (χ2v) is 6.16. The summed E-state index contributed by atoms with van der Waals surface area (Å²) < 4.78 is 5.52. The summed E-state index contributed by atoms with van der Waals surface area (Å²) in [5.74, 6) is 0.328. The highest BCUT2D eigenvalue weighted by molar-refractivity contribution is 5.82. The molecule has 24 heavy (non-hydrogen) atoms. The number of H-pyrrole nitrogens is 2. The average molecular weight is 324 g/mol. The van der Waals surface area contributed by atoms with E-state index in [0.29, 0.717) is 5.75 Å². The summed E-state index contributed by atoms with van der Waals surface area (Å²) in [4.78, 5) is 7.93. The lowest BCUT2D eigenvalue weighted by Gasteiger charge is -2.29. The first-order valence-electron chi connectivity index (χ1n) is 8.36. The van der Waals surface area contributed by atoms with E-state index >= 15 is 0 Å².